The minimum atomic E-state index is 0.0467. The summed E-state index contributed by atoms with van der Waals surface area (Å²) in [6, 6.07) is 21.1. The van der Waals surface area contributed by atoms with Gasteiger partial charge in [-0.1, -0.05) is 69.3 Å². The third-order valence-corrected chi connectivity index (χ3v) is 6.71. The van der Waals surface area contributed by atoms with Crippen molar-refractivity contribution in [3.8, 4) is 11.1 Å². The maximum atomic E-state index is 13.1. The first-order valence-corrected chi connectivity index (χ1v) is 11.0. The van der Waals surface area contributed by atoms with E-state index in [1.807, 2.05) is 17.0 Å². The fourth-order valence-corrected chi connectivity index (χ4v) is 4.91. The molecular weight excluding hydrogens is 384 g/mol. The van der Waals surface area contributed by atoms with Crippen LogP contribution in [0, 0.1) is 5.92 Å². The van der Waals surface area contributed by atoms with Gasteiger partial charge in [0.15, 0.2) is 0 Å². The molecule has 1 N–H and O–H groups in total. The number of fused-ring (bicyclic) bond motifs is 2. The van der Waals surface area contributed by atoms with Crippen molar-refractivity contribution in [3.63, 3.8) is 0 Å². The number of amides is 2. The monoisotopic (exact) mass is 412 g/mol. The zero-order valence-corrected chi connectivity index (χ0v) is 18.3. The van der Waals surface area contributed by atoms with Crippen LogP contribution in [0.3, 0.4) is 0 Å². The molecule has 3 aromatic rings. The summed E-state index contributed by atoms with van der Waals surface area (Å²) >= 11 is 0. The molecule has 2 saturated heterocycles. The standard InChI is InChI=1S/C27H28N2O2/c1-27(2,3)21-10-7-17(8-11-21)22-6-4-5-18-13-19(9-12-23(18)22)26(31)29-15-20-14-25(30)28-24(20)16-29/h4-13,20,24H,14-16H2,1-3H3,(H,28,30)/t20-,24+/m0/s1. The molecule has 0 unspecified atom stereocenters. The molecule has 0 radical (unpaired) electrons. The van der Waals surface area contributed by atoms with Crippen molar-refractivity contribution in [1.82, 2.24) is 10.2 Å². The Morgan fingerprint density at radius 1 is 1.00 bits per heavy atom. The fraction of sp³-hybridized carbons (Fsp3) is 0.333. The number of likely N-dealkylation sites (tertiary alicyclic amines) is 1. The molecule has 2 heterocycles. The van der Waals surface area contributed by atoms with Gasteiger partial charge < -0.3 is 10.2 Å². The molecule has 0 aromatic heterocycles. The van der Waals surface area contributed by atoms with Gasteiger partial charge in [-0.15, -0.1) is 0 Å². The van der Waals surface area contributed by atoms with E-state index in [1.54, 1.807) is 0 Å². The predicted molar refractivity (Wildman–Crippen MR) is 124 cm³/mol. The van der Waals surface area contributed by atoms with Crippen molar-refractivity contribution in [2.24, 2.45) is 5.92 Å². The Morgan fingerprint density at radius 2 is 1.77 bits per heavy atom. The van der Waals surface area contributed by atoms with E-state index in [2.05, 4.69) is 74.6 Å². The molecule has 158 valence electrons. The van der Waals surface area contributed by atoms with Crippen LogP contribution >= 0.6 is 0 Å². The van der Waals surface area contributed by atoms with Crippen LogP contribution in [0.4, 0.5) is 0 Å². The third-order valence-electron chi connectivity index (χ3n) is 6.71. The van der Waals surface area contributed by atoms with Crippen LogP contribution in [0.15, 0.2) is 60.7 Å². The average molecular weight is 413 g/mol. The molecule has 2 aliphatic heterocycles. The zero-order chi connectivity index (χ0) is 21.8. The van der Waals surface area contributed by atoms with E-state index in [9.17, 15) is 9.59 Å². The number of nitrogens with one attached hydrogen (secondary N) is 1. The highest BCUT2D eigenvalue weighted by Gasteiger charge is 2.41. The van der Waals surface area contributed by atoms with E-state index in [0.717, 1.165) is 10.8 Å². The van der Waals surface area contributed by atoms with Gasteiger partial charge in [0.2, 0.25) is 5.91 Å². The minimum Gasteiger partial charge on any atom is -0.351 e. The fourth-order valence-electron chi connectivity index (χ4n) is 4.91. The second-order valence-corrected chi connectivity index (χ2v) is 9.92. The Kier molecular flexibility index (Phi) is 4.62. The summed E-state index contributed by atoms with van der Waals surface area (Å²) in [5, 5.41) is 5.20. The molecule has 31 heavy (non-hydrogen) atoms. The maximum absolute atomic E-state index is 13.1. The highest BCUT2D eigenvalue weighted by molar-refractivity contribution is 6.03. The molecule has 2 amide bonds. The van der Waals surface area contributed by atoms with E-state index in [-0.39, 0.29) is 29.2 Å². The van der Waals surface area contributed by atoms with Gasteiger partial charge in [-0.2, -0.15) is 0 Å². The molecule has 0 saturated carbocycles. The van der Waals surface area contributed by atoms with Crippen molar-refractivity contribution in [2.75, 3.05) is 13.1 Å². The Bertz CT molecular complexity index is 1160. The van der Waals surface area contributed by atoms with Crippen molar-refractivity contribution in [1.29, 1.82) is 0 Å². The van der Waals surface area contributed by atoms with Crippen LogP contribution < -0.4 is 5.32 Å². The lowest BCUT2D eigenvalue weighted by Crippen LogP contribution is -2.35. The molecule has 5 rings (SSSR count). The number of rotatable bonds is 2. The summed E-state index contributed by atoms with van der Waals surface area (Å²) in [5.41, 5.74) is 4.51. The van der Waals surface area contributed by atoms with E-state index in [0.29, 0.717) is 25.1 Å². The summed E-state index contributed by atoms with van der Waals surface area (Å²) in [4.78, 5) is 26.5. The Balaban J connectivity index is 1.43. The Labute approximate surface area is 183 Å². The predicted octanol–water partition coefficient (Wildman–Crippen LogP) is 4.76. The lowest BCUT2D eigenvalue weighted by Gasteiger charge is -2.19. The second kappa shape index (κ2) is 7.23. The smallest absolute Gasteiger partial charge is 0.253 e. The first-order chi connectivity index (χ1) is 14.8. The molecule has 2 atom stereocenters. The van der Waals surface area contributed by atoms with Gasteiger partial charge in [0.05, 0.1) is 6.04 Å². The van der Waals surface area contributed by atoms with Gasteiger partial charge in [-0.3, -0.25) is 9.59 Å². The van der Waals surface area contributed by atoms with Gasteiger partial charge >= 0.3 is 0 Å². The second-order valence-electron chi connectivity index (χ2n) is 9.92. The van der Waals surface area contributed by atoms with Crippen molar-refractivity contribution < 1.29 is 9.59 Å². The number of hydrogen-bond acceptors (Lipinski definition) is 2. The highest BCUT2D eigenvalue weighted by atomic mass is 16.2. The minimum absolute atomic E-state index is 0.0467. The average Bonchev–Trinajstić information content (AvgIpc) is 3.29. The number of benzene rings is 3. The molecule has 2 fully saturated rings. The molecule has 2 aliphatic rings. The molecule has 3 aromatic carbocycles. The number of carbonyl (C=O) groups is 2. The largest absolute Gasteiger partial charge is 0.351 e. The first-order valence-electron chi connectivity index (χ1n) is 11.0. The quantitative estimate of drug-likeness (QED) is 0.659. The number of carbonyl (C=O) groups excluding carboxylic acids is 2. The van der Waals surface area contributed by atoms with Gasteiger partial charge in [0.25, 0.3) is 5.91 Å². The van der Waals surface area contributed by atoms with Gasteiger partial charge in [-0.25, -0.2) is 0 Å². The molecule has 0 aliphatic carbocycles. The van der Waals surface area contributed by atoms with E-state index in [4.69, 9.17) is 0 Å². The molecule has 4 nitrogen and oxygen atoms in total. The molecule has 0 spiro atoms. The molecule has 4 heteroatoms. The van der Waals surface area contributed by atoms with Gasteiger partial charge in [-0.05, 0) is 45.0 Å². The van der Waals surface area contributed by atoms with E-state index >= 15 is 0 Å². The van der Waals surface area contributed by atoms with Crippen LogP contribution in [-0.2, 0) is 10.2 Å². The van der Waals surface area contributed by atoms with Gasteiger partial charge in [0, 0.05) is 31.0 Å². The normalized spacial score (nSPS) is 20.7. The van der Waals surface area contributed by atoms with Crippen LogP contribution in [0.2, 0.25) is 0 Å². The van der Waals surface area contributed by atoms with Crippen molar-refractivity contribution in [3.05, 3.63) is 71.8 Å². The van der Waals surface area contributed by atoms with Crippen LogP contribution in [0.25, 0.3) is 21.9 Å². The molecular formula is C27H28N2O2. The zero-order valence-electron chi connectivity index (χ0n) is 18.3. The Morgan fingerprint density at radius 3 is 2.48 bits per heavy atom. The summed E-state index contributed by atoms with van der Waals surface area (Å²) in [5.74, 6) is 0.404. The third kappa shape index (κ3) is 3.60. The molecule has 0 bridgehead atoms. The lowest BCUT2D eigenvalue weighted by molar-refractivity contribution is -0.119. The Hall–Kier alpha value is -3.14. The number of nitrogens with zero attached hydrogens (tertiary/aromatic N) is 1. The summed E-state index contributed by atoms with van der Waals surface area (Å²) in [7, 11) is 0. The van der Waals surface area contributed by atoms with Crippen LogP contribution in [0.5, 0.6) is 0 Å². The van der Waals surface area contributed by atoms with Crippen molar-refractivity contribution >= 4 is 22.6 Å². The maximum Gasteiger partial charge on any atom is 0.253 e. The topological polar surface area (TPSA) is 49.4 Å². The number of hydrogen-bond donors (Lipinski definition) is 1. The van der Waals surface area contributed by atoms with Crippen LogP contribution in [0.1, 0.15) is 43.1 Å². The lowest BCUT2D eigenvalue weighted by atomic mass is 9.86. The summed E-state index contributed by atoms with van der Waals surface area (Å²) in [6.07, 6.45) is 0.531. The SMILES string of the molecule is CC(C)(C)c1ccc(-c2cccc3cc(C(=O)N4C[C@@H]5CC(=O)N[C@@H]5C4)ccc23)cc1. The summed E-state index contributed by atoms with van der Waals surface area (Å²) < 4.78 is 0. The first kappa shape index (κ1) is 19.8. The van der Waals surface area contributed by atoms with E-state index < -0.39 is 0 Å². The summed E-state index contributed by atoms with van der Waals surface area (Å²) in [6.45, 7) is 7.92. The van der Waals surface area contributed by atoms with E-state index in [1.165, 1.54) is 16.7 Å². The highest BCUT2D eigenvalue weighted by Crippen LogP contribution is 2.32. The van der Waals surface area contributed by atoms with Crippen LogP contribution in [-0.4, -0.2) is 35.8 Å². The van der Waals surface area contributed by atoms with Gasteiger partial charge in [0.1, 0.15) is 0 Å². The van der Waals surface area contributed by atoms with Crippen molar-refractivity contribution in [2.45, 2.75) is 38.6 Å².